The normalized spacial score (nSPS) is 19.8. The molecule has 7 nitrogen and oxygen atoms in total. The Morgan fingerprint density at radius 1 is 1.25 bits per heavy atom. The molecule has 28 heavy (non-hydrogen) atoms. The van der Waals surface area contributed by atoms with Crippen molar-refractivity contribution in [2.45, 2.75) is 32.8 Å². The van der Waals surface area contributed by atoms with Gasteiger partial charge in [0.1, 0.15) is 11.9 Å². The van der Waals surface area contributed by atoms with Gasteiger partial charge in [-0.05, 0) is 44.4 Å². The molecule has 0 bridgehead atoms. The number of piperidine rings is 1. The van der Waals surface area contributed by atoms with Gasteiger partial charge in [0.05, 0.1) is 19.3 Å². The lowest BCUT2D eigenvalue weighted by Gasteiger charge is -2.38. The molecule has 148 valence electrons. The number of aromatic nitrogens is 2. The van der Waals surface area contributed by atoms with Gasteiger partial charge in [-0.2, -0.15) is 4.98 Å². The highest BCUT2D eigenvalue weighted by molar-refractivity contribution is 5.97. The molecule has 0 radical (unpaired) electrons. The predicted molar refractivity (Wildman–Crippen MR) is 107 cm³/mol. The van der Waals surface area contributed by atoms with Gasteiger partial charge < -0.3 is 19.3 Å². The van der Waals surface area contributed by atoms with Crippen LogP contribution in [0.4, 0.5) is 11.6 Å². The summed E-state index contributed by atoms with van der Waals surface area (Å²) in [6.45, 7) is 6.14. The monoisotopic (exact) mass is 382 g/mol. The fourth-order valence-corrected chi connectivity index (χ4v) is 3.90. The van der Waals surface area contributed by atoms with E-state index in [1.54, 1.807) is 19.4 Å². The maximum absolute atomic E-state index is 13.3. The van der Waals surface area contributed by atoms with Gasteiger partial charge in [0.25, 0.3) is 0 Å². The number of rotatable bonds is 3. The van der Waals surface area contributed by atoms with Gasteiger partial charge in [0.15, 0.2) is 0 Å². The fourth-order valence-electron chi connectivity index (χ4n) is 3.90. The molecule has 0 aliphatic carbocycles. The number of methoxy groups -OCH3 is 1. The van der Waals surface area contributed by atoms with E-state index in [1.165, 1.54) is 0 Å². The van der Waals surface area contributed by atoms with Gasteiger partial charge in [0.2, 0.25) is 17.7 Å². The Morgan fingerprint density at radius 3 is 2.79 bits per heavy atom. The van der Waals surface area contributed by atoms with Crippen molar-refractivity contribution < 1.29 is 14.3 Å². The number of anilines is 2. The van der Waals surface area contributed by atoms with Gasteiger partial charge in [-0.1, -0.05) is 6.07 Å². The molecule has 1 aromatic heterocycles. The number of aryl methyl sites for hydroxylation is 1. The summed E-state index contributed by atoms with van der Waals surface area (Å²) in [6, 6.07) is 7.76. The first-order valence-corrected chi connectivity index (χ1v) is 9.76. The SMILES string of the molecule is COc1ccnc(N2CCC(C(=O)N3CC(C)Oc4ccc(C)cc43)CC2)n1. The van der Waals surface area contributed by atoms with E-state index in [9.17, 15) is 4.79 Å². The number of carbonyl (C=O) groups is 1. The second-order valence-corrected chi connectivity index (χ2v) is 7.51. The third kappa shape index (κ3) is 3.61. The number of ether oxygens (including phenoxy) is 2. The van der Waals surface area contributed by atoms with E-state index in [1.807, 2.05) is 36.9 Å². The van der Waals surface area contributed by atoms with Crippen LogP contribution in [0.3, 0.4) is 0 Å². The summed E-state index contributed by atoms with van der Waals surface area (Å²) in [7, 11) is 1.60. The summed E-state index contributed by atoms with van der Waals surface area (Å²) in [4.78, 5) is 26.1. The molecule has 1 amide bonds. The van der Waals surface area contributed by atoms with E-state index < -0.39 is 0 Å². The third-order valence-electron chi connectivity index (χ3n) is 5.39. The lowest BCUT2D eigenvalue weighted by atomic mass is 9.94. The summed E-state index contributed by atoms with van der Waals surface area (Å²) in [5.41, 5.74) is 2.02. The van der Waals surface area contributed by atoms with Crippen LogP contribution >= 0.6 is 0 Å². The van der Waals surface area contributed by atoms with Crippen LogP contribution in [0, 0.1) is 12.8 Å². The van der Waals surface area contributed by atoms with Crippen molar-refractivity contribution in [3.05, 3.63) is 36.0 Å². The topological polar surface area (TPSA) is 67.8 Å². The molecule has 1 aromatic carbocycles. The highest BCUT2D eigenvalue weighted by atomic mass is 16.5. The van der Waals surface area contributed by atoms with Gasteiger partial charge in [-0.25, -0.2) is 4.98 Å². The van der Waals surface area contributed by atoms with Crippen LogP contribution < -0.4 is 19.3 Å². The zero-order chi connectivity index (χ0) is 19.7. The summed E-state index contributed by atoms with van der Waals surface area (Å²) in [5.74, 6) is 2.19. The van der Waals surface area contributed by atoms with E-state index >= 15 is 0 Å². The van der Waals surface area contributed by atoms with Crippen LogP contribution in [0.25, 0.3) is 0 Å². The molecule has 0 N–H and O–H groups in total. The number of hydrogen-bond acceptors (Lipinski definition) is 6. The number of hydrogen-bond donors (Lipinski definition) is 0. The minimum atomic E-state index is -0.00979. The van der Waals surface area contributed by atoms with E-state index in [-0.39, 0.29) is 17.9 Å². The van der Waals surface area contributed by atoms with E-state index in [2.05, 4.69) is 14.9 Å². The van der Waals surface area contributed by atoms with Crippen LogP contribution in [0.2, 0.25) is 0 Å². The van der Waals surface area contributed by atoms with Crippen molar-refractivity contribution in [1.82, 2.24) is 9.97 Å². The maximum atomic E-state index is 13.3. The molecule has 7 heteroatoms. The van der Waals surface area contributed by atoms with Crippen molar-refractivity contribution in [3.63, 3.8) is 0 Å². The Labute approximate surface area is 165 Å². The predicted octanol–water partition coefficient (Wildman–Crippen LogP) is 2.82. The van der Waals surface area contributed by atoms with Crippen LogP contribution in [-0.2, 0) is 4.79 Å². The molecule has 2 aliphatic heterocycles. The Balaban J connectivity index is 1.46. The van der Waals surface area contributed by atoms with Crippen LogP contribution in [0.1, 0.15) is 25.3 Å². The standard InChI is InChI=1S/C21H26N4O3/c1-14-4-5-18-17(12-14)25(13-15(2)28-18)20(26)16-7-10-24(11-8-16)21-22-9-6-19(23-21)27-3/h4-6,9,12,15-16H,7-8,10-11,13H2,1-3H3. The first kappa shape index (κ1) is 18.5. The number of fused-ring (bicyclic) bond motifs is 1. The van der Waals surface area contributed by atoms with Gasteiger partial charge in [0, 0.05) is 31.3 Å². The maximum Gasteiger partial charge on any atom is 0.230 e. The molecular weight excluding hydrogens is 356 g/mol. The molecule has 3 heterocycles. The van der Waals surface area contributed by atoms with Crippen LogP contribution in [0.5, 0.6) is 11.6 Å². The largest absolute Gasteiger partial charge is 0.487 e. The average Bonchev–Trinajstić information content (AvgIpc) is 2.73. The highest BCUT2D eigenvalue weighted by Crippen LogP contribution is 2.36. The fraction of sp³-hybridized carbons (Fsp3) is 0.476. The molecule has 4 rings (SSSR count). The van der Waals surface area contributed by atoms with E-state index in [0.717, 1.165) is 42.9 Å². The summed E-state index contributed by atoms with van der Waals surface area (Å²) < 4.78 is 11.1. The van der Waals surface area contributed by atoms with Crippen molar-refractivity contribution >= 4 is 17.5 Å². The smallest absolute Gasteiger partial charge is 0.230 e. The lowest BCUT2D eigenvalue weighted by molar-refractivity contribution is -0.123. The molecule has 0 spiro atoms. The Bertz CT molecular complexity index is 864. The van der Waals surface area contributed by atoms with E-state index in [0.29, 0.717) is 18.4 Å². The zero-order valence-corrected chi connectivity index (χ0v) is 16.6. The minimum Gasteiger partial charge on any atom is -0.487 e. The van der Waals surface area contributed by atoms with Crippen LogP contribution in [0.15, 0.2) is 30.5 Å². The summed E-state index contributed by atoms with van der Waals surface area (Å²) in [5, 5.41) is 0. The summed E-state index contributed by atoms with van der Waals surface area (Å²) >= 11 is 0. The molecule has 2 aliphatic rings. The molecule has 1 unspecified atom stereocenters. The van der Waals surface area contributed by atoms with Crippen molar-refractivity contribution in [3.8, 4) is 11.6 Å². The minimum absolute atomic E-state index is 0.000482. The summed E-state index contributed by atoms with van der Waals surface area (Å²) in [6.07, 6.45) is 3.26. The lowest BCUT2D eigenvalue weighted by Crippen LogP contribution is -2.47. The number of nitrogens with zero attached hydrogens (tertiary/aromatic N) is 4. The quantitative estimate of drug-likeness (QED) is 0.813. The van der Waals surface area contributed by atoms with Gasteiger partial charge in [-0.3, -0.25) is 4.79 Å². The molecule has 1 saturated heterocycles. The number of carbonyl (C=O) groups excluding carboxylic acids is 1. The number of amides is 1. The second-order valence-electron chi connectivity index (χ2n) is 7.51. The van der Waals surface area contributed by atoms with Crippen molar-refractivity contribution in [1.29, 1.82) is 0 Å². The molecular formula is C21H26N4O3. The Hall–Kier alpha value is -2.83. The number of benzene rings is 1. The van der Waals surface area contributed by atoms with Gasteiger partial charge >= 0.3 is 0 Å². The third-order valence-corrected chi connectivity index (χ3v) is 5.39. The van der Waals surface area contributed by atoms with Crippen LogP contribution in [-0.4, -0.2) is 48.7 Å². The first-order valence-electron chi connectivity index (χ1n) is 9.76. The molecule has 0 saturated carbocycles. The first-order chi connectivity index (χ1) is 13.5. The Kier molecular flexibility index (Phi) is 5.07. The van der Waals surface area contributed by atoms with E-state index in [4.69, 9.17) is 9.47 Å². The molecule has 1 fully saturated rings. The molecule has 1 atom stereocenters. The van der Waals surface area contributed by atoms with Gasteiger partial charge in [-0.15, -0.1) is 0 Å². The Morgan fingerprint density at radius 2 is 2.04 bits per heavy atom. The average molecular weight is 382 g/mol. The highest BCUT2D eigenvalue weighted by Gasteiger charge is 2.34. The van der Waals surface area contributed by atoms with Crippen molar-refractivity contribution in [2.75, 3.05) is 36.5 Å². The molecule has 2 aromatic rings. The van der Waals surface area contributed by atoms with Crippen molar-refractivity contribution in [2.24, 2.45) is 5.92 Å². The second kappa shape index (κ2) is 7.66. The zero-order valence-electron chi connectivity index (χ0n) is 16.6.